The SMILES string of the molecule is CC(C)c1cccc(OCC(=O)NC(C(=O)O)C2CCCOC2)c1. The normalized spacial score (nSPS) is 18.9. The number of carboxylic acids is 1. The molecule has 1 aliphatic heterocycles. The van der Waals surface area contributed by atoms with Gasteiger partial charge in [0.05, 0.1) is 6.61 Å². The molecule has 0 bridgehead atoms. The van der Waals surface area contributed by atoms with E-state index in [1.54, 1.807) is 6.07 Å². The van der Waals surface area contributed by atoms with Crippen LogP contribution in [-0.4, -0.2) is 42.8 Å². The van der Waals surface area contributed by atoms with Crippen molar-refractivity contribution in [3.05, 3.63) is 29.8 Å². The monoisotopic (exact) mass is 335 g/mol. The van der Waals surface area contributed by atoms with Crippen molar-refractivity contribution in [3.63, 3.8) is 0 Å². The summed E-state index contributed by atoms with van der Waals surface area (Å²) in [5, 5.41) is 11.9. The number of ether oxygens (including phenoxy) is 2. The van der Waals surface area contributed by atoms with Crippen molar-refractivity contribution >= 4 is 11.9 Å². The molecule has 2 unspecified atom stereocenters. The van der Waals surface area contributed by atoms with Gasteiger partial charge >= 0.3 is 5.97 Å². The van der Waals surface area contributed by atoms with Crippen LogP contribution in [0.5, 0.6) is 5.75 Å². The van der Waals surface area contributed by atoms with Crippen LogP contribution in [0.2, 0.25) is 0 Å². The van der Waals surface area contributed by atoms with Crippen molar-refractivity contribution in [2.24, 2.45) is 5.92 Å². The standard InChI is InChI=1S/C18H25NO5/c1-12(2)13-5-3-7-15(9-13)24-11-16(20)19-17(18(21)22)14-6-4-8-23-10-14/h3,5,7,9,12,14,17H,4,6,8,10-11H2,1-2H3,(H,19,20)(H,21,22). The highest BCUT2D eigenvalue weighted by Crippen LogP contribution is 2.20. The minimum absolute atomic E-state index is 0.204. The number of hydrogen-bond donors (Lipinski definition) is 2. The largest absolute Gasteiger partial charge is 0.484 e. The van der Waals surface area contributed by atoms with Crippen LogP contribution in [0.1, 0.15) is 38.2 Å². The van der Waals surface area contributed by atoms with Crippen molar-refractivity contribution in [3.8, 4) is 5.75 Å². The zero-order chi connectivity index (χ0) is 17.5. The highest BCUT2D eigenvalue weighted by atomic mass is 16.5. The van der Waals surface area contributed by atoms with Crippen LogP contribution < -0.4 is 10.1 Å². The number of rotatable bonds is 7. The van der Waals surface area contributed by atoms with E-state index in [0.717, 1.165) is 18.4 Å². The number of hydrogen-bond acceptors (Lipinski definition) is 4. The van der Waals surface area contributed by atoms with Crippen LogP contribution >= 0.6 is 0 Å². The Balaban J connectivity index is 1.89. The van der Waals surface area contributed by atoms with Gasteiger partial charge in [-0.2, -0.15) is 0 Å². The Kier molecular flexibility index (Phi) is 6.61. The zero-order valence-corrected chi connectivity index (χ0v) is 14.2. The van der Waals surface area contributed by atoms with E-state index in [2.05, 4.69) is 19.2 Å². The summed E-state index contributed by atoms with van der Waals surface area (Å²) in [6.45, 7) is 4.95. The van der Waals surface area contributed by atoms with Crippen molar-refractivity contribution in [2.75, 3.05) is 19.8 Å². The van der Waals surface area contributed by atoms with Crippen LogP contribution in [0, 0.1) is 5.92 Å². The van der Waals surface area contributed by atoms with Gasteiger partial charge in [0.25, 0.3) is 5.91 Å². The first-order valence-electron chi connectivity index (χ1n) is 8.30. The molecule has 0 saturated carbocycles. The Labute approximate surface area is 142 Å². The molecule has 2 atom stereocenters. The Morgan fingerprint density at radius 3 is 2.83 bits per heavy atom. The van der Waals surface area contributed by atoms with E-state index in [4.69, 9.17) is 9.47 Å². The molecule has 0 radical (unpaired) electrons. The molecule has 1 aliphatic rings. The molecule has 1 heterocycles. The van der Waals surface area contributed by atoms with E-state index >= 15 is 0 Å². The highest BCUT2D eigenvalue weighted by Gasteiger charge is 2.31. The molecule has 6 nitrogen and oxygen atoms in total. The minimum Gasteiger partial charge on any atom is -0.484 e. The predicted molar refractivity (Wildman–Crippen MR) is 89.1 cm³/mol. The van der Waals surface area contributed by atoms with E-state index in [0.29, 0.717) is 24.9 Å². The lowest BCUT2D eigenvalue weighted by molar-refractivity contribution is -0.145. The van der Waals surface area contributed by atoms with Gasteiger partial charge in [0.1, 0.15) is 11.8 Å². The quantitative estimate of drug-likeness (QED) is 0.798. The average Bonchev–Trinajstić information content (AvgIpc) is 2.58. The molecule has 24 heavy (non-hydrogen) atoms. The Bertz CT molecular complexity index is 566. The summed E-state index contributed by atoms with van der Waals surface area (Å²) in [6.07, 6.45) is 1.54. The maximum Gasteiger partial charge on any atom is 0.326 e. The second-order valence-electron chi connectivity index (χ2n) is 6.38. The predicted octanol–water partition coefficient (Wildman–Crippen LogP) is 2.18. The molecule has 132 valence electrons. The molecule has 1 saturated heterocycles. The topological polar surface area (TPSA) is 84.9 Å². The Morgan fingerprint density at radius 1 is 1.42 bits per heavy atom. The fourth-order valence-corrected chi connectivity index (χ4v) is 2.74. The summed E-state index contributed by atoms with van der Waals surface area (Å²) in [7, 11) is 0. The van der Waals surface area contributed by atoms with Crippen LogP contribution in [0.15, 0.2) is 24.3 Å². The number of benzene rings is 1. The first-order valence-corrected chi connectivity index (χ1v) is 8.30. The lowest BCUT2D eigenvalue weighted by Crippen LogP contribution is -2.49. The molecule has 0 spiro atoms. The molecule has 1 aromatic rings. The van der Waals surface area contributed by atoms with Crippen LogP contribution in [0.3, 0.4) is 0 Å². The molecular formula is C18H25NO5. The molecule has 1 aromatic carbocycles. The van der Waals surface area contributed by atoms with Crippen molar-refractivity contribution in [1.29, 1.82) is 0 Å². The van der Waals surface area contributed by atoms with E-state index in [-0.39, 0.29) is 12.5 Å². The fourth-order valence-electron chi connectivity index (χ4n) is 2.74. The number of carbonyl (C=O) groups is 2. The molecule has 2 rings (SSSR count). The second kappa shape index (κ2) is 8.68. The summed E-state index contributed by atoms with van der Waals surface area (Å²) >= 11 is 0. The first kappa shape index (κ1) is 18.3. The summed E-state index contributed by atoms with van der Waals surface area (Å²) in [5.74, 6) is -0.720. The van der Waals surface area contributed by atoms with Crippen molar-refractivity contribution in [1.82, 2.24) is 5.32 Å². The second-order valence-corrected chi connectivity index (χ2v) is 6.38. The first-order chi connectivity index (χ1) is 11.5. The van der Waals surface area contributed by atoms with Gasteiger partial charge in [-0.3, -0.25) is 4.79 Å². The third kappa shape index (κ3) is 5.23. The lowest BCUT2D eigenvalue weighted by atomic mass is 9.93. The average molecular weight is 335 g/mol. The number of aliphatic carboxylic acids is 1. The summed E-state index contributed by atoms with van der Waals surface area (Å²) in [4.78, 5) is 23.5. The van der Waals surface area contributed by atoms with Gasteiger partial charge in [0.2, 0.25) is 0 Å². The van der Waals surface area contributed by atoms with Crippen LogP contribution in [0.25, 0.3) is 0 Å². The van der Waals surface area contributed by atoms with Crippen molar-refractivity contribution < 1.29 is 24.2 Å². The van der Waals surface area contributed by atoms with Gasteiger partial charge in [-0.25, -0.2) is 4.79 Å². The maximum absolute atomic E-state index is 12.1. The number of amides is 1. The summed E-state index contributed by atoms with van der Waals surface area (Å²) in [5.41, 5.74) is 1.12. The summed E-state index contributed by atoms with van der Waals surface area (Å²) in [6, 6.07) is 6.61. The van der Waals surface area contributed by atoms with Gasteiger partial charge < -0.3 is 19.9 Å². The Morgan fingerprint density at radius 2 is 2.21 bits per heavy atom. The Hall–Kier alpha value is -2.08. The third-order valence-electron chi connectivity index (χ3n) is 4.14. The van der Waals surface area contributed by atoms with Gasteiger partial charge in [0.15, 0.2) is 6.61 Å². The number of carboxylic acid groups (broad SMARTS) is 1. The van der Waals surface area contributed by atoms with Crippen molar-refractivity contribution in [2.45, 2.75) is 38.6 Å². The van der Waals surface area contributed by atoms with Crippen LogP contribution in [-0.2, 0) is 14.3 Å². The van der Waals surface area contributed by atoms with Gasteiger partial charge in [-0.1, -0.05) is 26.0 Å². The van der Waals surface area contributed by atoms with Gasteiger partial charge in [0, 0.05) is 12.5 Å². The van der Waals surface area contributed by atoms with E-state index in [9.17, 15) is 14.7 Å². The molecule has 0 aromatic heterocycles. The molecule has 1 fully saturated rings. The molecule has 2 N–H and O–H groups in total. The highest BCUT2D eigenvalue weighted by molar-refractivity contribution is 5.84. The zero-order valence-electron chi connectivity index (χ0n) is 14.2. The minimum atomic E-state index is -1.04. The number of nitrogens with one attached hydrogen (secondary N) is 1. The number of carbonyl (C=O) groups excluding carboxylic acids is 1. The fraction of sp³-hybridized carbons (Fsp3) is 0.556. The van der Waals surface area contributed by atoms with E-state index in [1.165, 1.54) is 0 Å². The van der Waals surface area contributed by atoms with Gasteiger partial charge in [-0.05, 0) is 36.5 Å². The molecular weight excluding hydrogens is 310 g/mol. The van der Waals surface area contributed by atoms with Crippen LogP contribution in [0.4, 0.5) is 0 Å². The summed E-state index contributed by atoms with van der Waals surface area (Å²) < 4.78 is 10.8. The maximum atomic E-state index is 12.1. The third-order valence-corrected chi connectivity index (χ3v) is 4.14. The van der Waals surface area contributed by atoms with Gasteiger partial charge in [-0.15, -0.1) is 0 Å². The van der Waals surface area contributed by atoms with E-state index < -0.39 is 17.9 Å². The lowest BCUT2D eigenvalue weighted by Gasteiger charge is -2.28. The van der Waals surface area contributed by atoms with E-state index in [1.807, 2.05) is 18.2 Å². The smallest absolute Gasteiger partial charge is 0.326 e. The molecule has 1 amide bonds. The molecule has 6 heteroatoms. The molecule has 0 aliphatic carbocycles.